The molecule has 1 aliphatic heterocycles. The molecule has 1 aliphatic rings. The van der Waals surface area contributed by atoms with Gasteiger partial charge in [0.05, 0.1) is 11.3 Å². The molecule has 0 aliphatic carbocycles. The standard InChI is InChI=1S/C23H22F3N5O/c24-23(25,26)17-7-9-18(10-8-17)27-22(32)28-19-6-4-5-16(15-19)20-11-12-21(30-29-20)31-13-2-1-3-14-31/h4-12,15H,1-3,13-14H2,(H2,27,28,32). The zero-order chi connectivity index (χ0) is 22.6. The van der Waals surface area contributed by atoms with Crippen LogP contribution in [0.15, 0.2) is 60.7 Å². The largest absolute Gasteiger partial charge is 0.416 e. The molecular weight excluding hydrogens is 419 g/mol. The zero-order valence-electron chi connectivity index (χ0n) is 17.2. The van der Waals surface area contributed by atoms with Gasteiger partial charge in [-0.05, 0) is 67.8 Å². The van der Waals surface area contributed by atoms with Crippen LogP contribution in [0.2, 0.25) is 0 Å². The van der Waals surface area contributed by atoms with Crippen LogP contribution in [0.4, 0.5) is 35.2 Å². The number of anilines is 3. The Morgan fingerprint density at radius 3 is 2.22 bits per heavy atom. The molecule has 1 fully saturated rings. The van der Waals surface area contributed by atoms with Crippen molar-refractivity contribution in [3.63, 3.8) is 0 Å². The number of benzene rings is 2. The van der Waals surface area contributed by atoms with Gasteiger partial charge < -0.3 is 15.5 Å². The third-order valence-electron chi connectivity index (χ3n) is 5.22. The van der Waals surface area contributed by atoms with Crippen molar-refractivity contribution in [3.05, 3.63) is 66.2 Å². The highest BCUT2D eigenvalue weighted by atomic mass is 19.4. The van der Waals surface area contributed by atoms with Gasteiger partial charge in [-0.3, -0.25) is 0 Å². The lowest BCUT2D eigenvalue weighted by atomic mass is 10.1. The van der Waals surface area contributed by atoms with E-state index in [1.54, 1.807) is 18.2 Å². The molecule has 3 aromatic rings. The molecular formula is C23H22F3N5O. The van der Waals surface area contributed by atoms with E-state index in [4.69, 9.17) is 0 Å². The molecule has 1 aromatic heterocycles. The number of alkyl halides is 3. The van der Waals surface area contributed by atoms with E-state index in [0.717, 1.165) is 49.4 Å². The van der Waals surface area contributed by atoms with Crippen molar-refractivity contribution in [2.24, 2.45) is 0 Å². The fraction of sp³-hybridized carbons (Fsp3) is 0.261. The molecule has 0 atom stereocenters. The van der Waals surface area contributed by atoms with Crippen LogP contribution in [0.25, 0.3) is 11.3 Å². The van der Waals surface area contributed by atoms with Crippen LogP contribution >= 0.6 is 0 Å². The molecule has 0 unspecified atom stereocenters. The van der Waals surface area contributed by atoms with Gasteiger partial charge in [-0.2, -0.15) is 13.2 Å². The maximum absolute atomic E-state index is 12.7. The number of amides is 2. The first-order valence-corrected chi connectivity index (χ1v) is 10.3. The summed E-state index contributed by atoms with van der Waals surface area (Å²) < 4.78 is 38.0. The second-order valence-electron chi connectivity index (χ2n) is 7.56. The number of rotatable bonds is 4. The molecule has 0 saturated carbocycles. The highest BCUT2D eigenvalue weighted by Gasteiger charge is 2.30. The summed E-state index contributed by atoms with van der Waals surface area (Å²) in [6.07, 6.45) is -0.859. The first-order valence-electron chi connectivity index (χ1n) is 10.3. The minimum atomic E-state index is -4.42. The van der Waals surface area contributed by atoms with E-state index in [9.17, 15) is 18.0 Å². The fourth-order valence-corrected chi connectivity index (χ4v) is 3.56. The second kappa shape index (κ2) is 9.25. The highest BCUT2D eigenvalue weighted by molar-refractivity contribution is 6.00. The predicted octanol–water partition coefficient (Wildman–Crippen LogP) is 5.80. The maximum atomic E-state index is 12.7. The van der Waals surface area contributed by atoms with Crippen LogP contribution < -0.4 is 15.5 Å². The number of aromatic nitrogens is 2. The van der Waals surface area contributed by atoms with E-state index < -0.39 is 17.8 Å². The average molecular weight is 441 g/mol. The molecule has 6 nitrogen and oxygen atoms in total. The van der Waals surface area contributed by atoms with E-state index in [-0.39, 0.29) is 5.69 Å². The lowest BCUT2D eigenvalue weighted by Crippen LogP contribution is -2.30. The van der Waals surface area contributed by atoms with Gasteiger partial charge in [-0.15, -0.1) is 10.2 Å². The number of hydrogen-bond acceptors (Lipinski definition) is 4. The van der Waals surface area contributed by atoms with Gasteiger partial charge in [0.15, 0.2) is 5.82 Å². The van der Waals surface area contributed by atoms with Crippen LogP contribution in [0, 0.1) is 0 Å². The summed E-state index contributed by atoms with van der Waals surface area (Å²) in [6, 6.07) is 14.7. The lowest BCUT2D eigenvalue weighted by molar-refractivity contribution is -0.137. The molecule has 0 radical (unpaired) electrons. The van der Waals surface area contributed by atoms with Crippen molar-refractivity contribution in [2.75, 3.05) is 28.6 Å². The molecule has 166 valence electrons. The Morgan fingerprint density at radius 1 is 0.844 bits per heavy atom. The number of carbonyl (C=O) groups is 1. The highest BCUT2D eigenvalue weighted by Crippen LogP contribution is 2.30. The van der Waals surface area contributed by atoms with Crippen molar-refractivity contribution in [1.82, 2.24) is 10.2 Å². The minimum Gasteiger partial charge on any atom is -0.355 e. The molecule has 2 N–H and O–H groups in total. The van der Waals surface area contributed by atoms with Gasteiger partial charge in [0.1, 0.15) is 0 Å². The lowest BCUT2D eigenvalue weighted by Gasteiger charge is -2.27. The smallest absolute Gasteiger partial charge is 0.355 e. The minimum absolute atomic E-state index is 0.255. The summed E-state index contributed by atoms with van der Waals surface area (Å²) in [6.45, 7) is 1.98. The summed E-state index contributed by atoms with van der Waals surface area (Å²) in [5.41, 5.74) is 1.47. The number of hydrogen-bond donors (Lipinski definition) is 2. The monoisotopic (exact) mass is 441 g/mol. The van der Waals surface area contributed by atoms with Gasteiger partial charge in [-0.1, -0.05) is 12.1 Å². The predicted molar refractivity (Wildman–Crippen MR) is 118 cm³/mol. The number of piperidine rings is 1. The molecule has 4 rings (SSSR count). The van der Waals surface area contributed by atoms with E-state index in [0.29, 0.717) is 11.4 Å². The molecule has 0 bridgehead atoms. The van der Waals surface area contributed by atoms with Gasteiger partial charge in [-0.25, -0.2) is 4.79 Å². The molecule has 2 aromatic carbocycles. The summed E-state index contributed by atoms with van der Waals surface area (Å²) in [7, 11) is 0. The van der Waals surface area contributed by atoms with Crippen molar-refractivity contribution in [3.8, 4) is 11.3 Å². The zero-order valence-corrected chi connectivity index (χ0v) is 17.2. The molecule has 0 spiro atoms. The van der Waals surface area contributed by atoms with Gasteiger partial charge >= 0.3 is 12.2 Å². The molecule has 1 saturated heterocycles. The molecule has 32 heavy (non-hydrogen) atoms. The third kappa shape index (κ3) is 5.35. The fourth-order valence-electron chi connectivity index (χ4n) is 3.56. The first-order chi connectivity index (χ1) is 15.4. The van der Waals surface area contributed by atoms with Crippen LogP contribution in [-0.2, 0) is 6.18 Å². The number of nitrogens with zero attached hydrogens (tertiary/aromatic N) is 3. The summed E-state index contributed by atoms with van der Waals surface area (Å²) in [5, 5.41) is 13.9. The number of nitrogens with one attached hydrogen (secondary N) is 2. The van der Waals surface area contributed by atoms with Gasteiger partial charge in [0, 0.05) is 30.0 Å². The summed E-state index contributed by atoms with van der Waals surface area (Å²) in [4.78, 5) is 14.5. The van der Waals surface area contributed by atoms with Crippen LogP contribution in [0.3, 0.4) is 0 Å². The topological polar surface area (TPSA) is 70.2 Å². The van der Waals surface area contributed by atoms with Crippen LogP contribution in [-0.4, -0.2) is 29.3 Å². The van der Waals surface area contributed by atoms with Gasteiger partial charge in [0.25, 0.3) is 0 Å². The first kappa shape index (κ1) is 21.6. The summed E-state index contributed by atoms with van der Waals surface area (Å²) in [5.74, 6) is 0.860. The van der Waals surface area contributed by atoms with Crippen molar-refractivity contribution < 1.29 is 18.0 Å². The number of carbonyl (C=O) groups excluding carboxylic acids is 1. The van der Waals surface area contributed by atoms with E-state index in [1.807, 2.05) is 18.2 Å². The van der Waals surface area contributed by atoms with Gasteiger partial charge in [0.2, 0.25) is 0 Å². The number of urea groups is 1. The Hall–Kier alpha value is -3.62. The Kier molecular flexibility index (Phi) is 6.25. The summed E-state index contributed by atoms with van der Waals surface area (Å²) >= 11 is 0. The van der Waals surface area contributed by atoms with E-state index >= 15 is 0 Å². The van der Waals surface area contributed by atoms with E-state index in [1.165, 1.54) is 18.6 Å². The average Bonchev–Trinajstić information content (AvgIpc) is 2.80. The Morgan fingerprint density at radius 2 is 1.56 bits per heavy atom. The molecule has 2 heterocycles. The van der Waals surface area contributed by atoms with Crippen LogP contribution in [0.5, 0.6) is 0 Å². The Bertz CT molecular complexity index is 1060. The second-order valence-corrected chi connectivity index (χ2v) is 7.56. The Balaban J connectivity index is 1.40. The van der Waals surface area contributed by atoms with Crippen LogP contribution in [0.1, 0.15) is 24.8 Å². The molecule has 9 heteroatoms. The maximum Gasteiger partial charge on any atom is 0.416 e. The van der Waals surface area contributed by atoms with E-state index in [2.05, 4.69) is 25.7 Å². The SMILES string of the molecule is O=C(Nc1ccc(C(F)(F)F)cc1)Nc1cccc(-c2ccc(N3CCCCC3)nn2)c1. The quantitative estimate of drug-likeness (QED) is 0.537. The van der Waals surface area contributed by atoms with Crippen molar-refractivity contribution >= 4 is 23.2 Å². The van der Waals surface area contributed by atoms with Crippen molar-refractivity contribution in [1.29, 1.82) is 0 Å². The Labute approximate surface area is 183 Å². The normalized spacial score (nSPS) is 14.2. The molecule has 2 amide bonds. The third-order valence-corrected chi connectivity index (χ3v) is 5.22. The number of halogens is 3. The van der Waals surface area contributed by atoms with Crippen molar-refractivity contribution in [2.45, 2.75) is 25.4 Å².